The fraction of sp³-hybridized carbons (Fsp3) is 0.238. The van der Waals surface area contributed by atoms with Gasteiger partial charge >= 0.3 is 0 Å². The van der Waals surface area contributed by atoms with Crippen LogP contribution in [0.5, 0.6) is 5.75 Å². The molecule has 5 heteroatoms. The maximum Gasteiger partial charge on any atom is 0.266 e. The number of para-hydroxylation sites is 1. The molecule has 2 aromatic rings. The molecule has 1 saturated heterocycles. The second-order valence-electron chi connectivity index (χ2n) is 6.13. The second-order valence-corrected chi connectivity index (χ2v) is 7.80. The van der Waals surface area contributed by atoms with Crippen LogP contribution in [0.1, 0.15) is 31.4 Å². The molecule has 0 saturated carbocycles. The zero-order valence-corrected chi connectivity index (χ0v) is 16.5. The summed E-state index contributed by atoms with van der Waals surface area (Å²) in [5.41, 5.74) is 1.96. The zero-order valence-electron chi connectivity index (χ0n) is 14.8. The van der Waals surface area contributed by atoms with E-state index >= 15 is 0 Å². The van der Waals surface area contributed by atoms with E-state index in [-0.39, 0.29) is 12.0 Å². The Balaban J connectivity index is 1.82. The van der Waals surface area contributed by atoms with Crippen LogP contribution in [0.4, 0.5) is 0 Å². The molecule has 3 rings (SSSR count). The normalized spacial score (nSPS) is 17.0. The first kappa shape index (κ1) is 18.7. The standard InChI is InChI=1S/C21H21NO2S2/c1-3-15(2)24-18-12-8-7-11-17(18)13-19-20(23)22(21(25)26-19)14-16-9-5-4-6-10-16/h4-13,15H,3,14H2,1-2H3/b19-13-/t15-/m0/s1. The predicted octanol–water partition coefficient (Wildman–Crippen LogP) is 5.27. The zero-order chi connectivity index (χ0) is 18.5. The number of hydrogen-bond donors (Lipinski definition) is 0. The SMILES string of the molecule is CC[C@H](C)Oc1ccccc1/C=C1\SC(=S)N(Cc2ccccc2)C1=O. The van der Waals surface area contributed by atoms with Crippen molar-refractivity contribution < 1.29 is 9.53 Å². The number of thioether (sulfide) groups is 1. The van der Waals surface area contributed by atoms with Crippen molar-refractivity contribution in [3.05, 3.63) is 70.6 Å². The summed E-state index contributed by atoms with van der Waals surface area (Å²) in [4.78, 5) is 15.1. The molecule has 26 heavy (non-hydrogen) atoms. The summed E-state index contributed by atoms with van der Waals surface area (Å²) in [5, 5.41) is 0. The van der Waals surface area contributed by atoms with E-state index in [2.05, 4.69) is 6.92 Å². The number of benzene rings is 2. The first-order chi connectivity index (χ1) is 12.6. The molecule has 1 aliphatic rings. The van der Waals surface area contributed by atoms with Gasteiger partial charge in [-0.3, -0.25) is 9.69 Å². The molecular weight excluding hydrogens is 362 g/mol. The quantitative estimate of drug-likeness (QED) is 0.502. The summed E-state index contributed by atoms with van der Waals surface area (Å²) in [5.74, 6) is 0.734. The number of amides is 1. The molecule has 0 spiro atoms. The minimum atomic E-state index is -0.0535. The van der Waals surface area contributed by atoms with Crippen LogP contribution in [-0.4, -0.2) is 21.2 Å². The van der Waals surface area contributed by atoms with Crippen molar-refractivity contribution in [3.8, 4) is 5.75 Å². The van der Waals surface area contributed by atoms with Crippen LogP contribution in [0, 0.1) is 0 Å². The smallest absolute Gasteiger partial charge is 0.266 e. The van der Waals surface area contributed by atoms with Crippen LogP contribution in [0.25, 0.3) is 6.08 Å². The number of thiocarbonyl (C=S) groups is 1. The molecule has 1 heterocycles. The molecule has 1 aliphatic heterocycles. The van der Waals surface area contributed by atoms with Gasteiger partial charge in [0, 0.05) is 5.56 Å². The summed E-state index contributed by atoms with van der Waals surface area (Å²) in [7, 11) is 0. The van der Waals surface area contributed by atoms with Gasteiger partial charge in [-0.25, -0.2) is 0 Å². The molecule has 0 bridgehead atoms. The summed E-state index contributed by atoms with van der Waals surface area (Å²) >= 11 is 6.77. The number of carbonyl (C=O) groups excluding carboxylic acids is 1. The van der Waals surface area contributed by atoms with E-state index in [1.165, 1.54) is 11.8 Å². The van der Waals surface area contributed by atoms with E-state index in [1.54, 1.807) is 4.90 Å². The summed E-state index contributed by atoms with van der Waals surface area (Å²) in [6, 6.07) is 17.7. The van der Waals surface area contributed by atoms with Gasteiger partial charge in [0.25, 0.3) is 5.91 Å². The maximum atomic E-state index is 12.8. The fourth-order valence-electron chi connectivity index (χ4n) is 2.55. The van der Waals surface area contributed by atoms with Crippen LogP contribution in [0.3, 0.4) is 0 Å². The van der Waals surface area contributed by atoms with Gasteiger partial charge in [0.15, 0.2) is 0 Å². The molecule has 0 aromatic heterocycles. The van der Waals surface area contributed by atoms with Crippen molar-refractivity contribution in [2.75, 3.05) is 0 Å². The van der Waals surface area contributed by atoms with Gasteiger partial charge < -0.3 is 4.74 Å². The van der Waals surface area contributed by atoms with Gasteiger partial charge in [0.1, 0.15) is 10.1 Å². The molecule has 0 aliphatic carbocycles. The summed E-state index contributed by atoms with van der Waals surface area (Å²) < 4.78 is 6.57. The minimum absolute atomic E-state index is 0.0535. The number of carbonyl (C=O) groups is 1. The highest BCUT2D eigenvalue weighted by atomic mass is 32.2. The van der Waals surface area contributed by atoms with Crippen molar-refractivity contribution in [1.29, 1.82) is 0 Å². The summed E-state index contributed by atoms with van der Waals surface area (Å²) in [6.45, 7) is 4.62. The molecule has 0 unspecified atom stereocenters. The molecule has 0 radical (unpaired) electrons. The largest absolute Gasteiger partial charge is 0.490 e. The highest BCUT2D eigenvalue weighted by Gasteiger charge is 2.32. The Morgan fingerprint density at radius 2 is 1.85 bits per heavy atom. The van der Waals surface area contributed by atoms with Crippen molar-refractivity contribution in [2.24, 2.45) is 0 Å². The molecule has 2 aromatic carbocycles. The third-order valence-corrected chi connectivity index (χ3v) is 5.54. The van der Waals surface area contributed by atoms with Gasteiger partial charge in [-0.15, -0.1) is 0 Å². The van der Waals surface area contributed by atoms with Gasteiger partial charge in [-0.1, -0.05) is 79.4 Å². The Morgan fingerprint density at radius 1 is 1.15 bits per heavy atom. The van der Waals surface area contributed by atoms with Crippen LogP contribution in [0.15, 0.2) is 59.5 Å². The third-order valence-electron chi connectivity index (χ3n) is 4.17. The Kier molecular flexibility index (Phi) is 6.12. The third kappa shape index (κ3) is 4.34. The molecular formula is C21H21NO2S2. The van der Waals surface area contributed by atoms with Crippen LogP contribution < -0.4 is 4.74 Å². The lowest BCUT2D eigenvalue weighted by Gasteiger charge is -2.15. The Bertz CT molecular complexity index is 833. The van der Waals surface area contributed by atoms with E-state index < -0.39 is 0 Å². The minimum Gasteiger partial charge on any atom is -0.490 e. The molecule has 3 nitrogen and oxygen atoms in total. The van der Waals surface area contributed by atoms with Crippen molar-refractivity contribution in [1.82, 2.24) is 4.90 Å². The average Bonchev–Trinajstić information content (AvgIpc) is 2.91. The van der Waals surface area contributed by atoms with Crippen molar-refractivity contribution >= 4 is 40.3 Å². The van der Waals surface area contributed by atoms with Crippen LogP contribution in [-0.2, 0) is 11.3 Å². The average molecular weight is 384 g/mol. The lowest BCUT2D eigenvalue weighted by Crippen LogP contribution is -2.27. The maximum absolute atomic E-state index is 12.8. The monoisotopic (exact) mass is 383 g/mol. The Morgan fingerprint density at radius 3 is 2.58 bits per heavy atom. The lowest BCUT2D eigenvalue weighted by molar-refractivity contribution is -0.122. The van der Waals surface area contributed by atoms with Gasteiger partial charge in [-0.05, 0) is 31.1 Å². The second kappa shape index (κ2) is 8.52. The fourth-order valence-corrected chi connectivity index (χ4v) is 3.80. The number of nitrogens with zero attached hydrogens (tertiary/aromatic N) is 1. The molecule has 0 N–H and O–H groups in total. The molecule has 1 amide bonds. The topological polar surface area (TPSA) is 29.5 Å². The van der Waals surface area contributed by atoms with E-state index in [1.807, 2.05) is 67.6 Å². The molecule has 134 valence electrons. The highest BCUT2D eigenvalue weighted by Crippen LogP contribution is 2.35. The molecule has 1 atom stereocenters. The highest BCUT2D eigenvalue weighted by molar-refractivity contribution is 8.26. The van der Waals surface area contributed by atoms with Gasteiger partial charge in [0.05, 0.1) is 17.6 Å². The van der Waals surface area contributed by atoms with Crippen molar-refractivity contribution in [3.63, 3.8) is 0 Å². The lowest BCUT2D eigenvalue weighted by atomic mass is 10.1. The van der Waals surface area contributed by atoms with E-state index in [4.69, 9.17) is 17.0 Å². The number of rotatable bonds is 6. The first-order valence-corrected chi connectivity index (χ1v) is 9.86. The summed E-state index contributed by atoms with van der Waals surface area (Å²) in [6.07, 6.45) is 2.92. The Hall–Kier alpha value is -2.11. The van der Waals surface area contributed by atoms with Crippen LogP contribution in [0.2, 0.25) is 0 Å². The number of hydrogen-bond acceptors (Lipinski definition) is 4. The van der Waals surface area contributed by atoms with E-state index in [0.29, 0.717) is 15.8 Å². The van der Waals surface area contributed by atoms with Crippen LogP contribution >= 0.6 is 24.0 Å². The predicted molar refractivity (Wildman–Crippen MR) is 112 cm³/mol. The first-order valence-electron chi connectivity index (χ1n) is 8.63. The number of ether oxygens (including phenoxy) is 1. The molecule has 1 fully saturated rings. The van der Waals surface area contributed by atoms with Gasteiger partial charge in [-0.2, -0.15) is 0 Å². The Labute approximate surface area is 164 Å². The van der Waals surface area contributed by atoms with E-state index in [9.17, 15) is 4.79 Å². The van der Waals surface area contributed by atoms with Crippen molar-refractivity contribution in [2.45, 2.75) is 32.9 Å². The van der Waals surface area contributed by atoms with Gasteiger partial charge in [0.2, 0.25) is 0 Å². The van der Waals surface area contributed by atoms with E-state index in [0.717, 1.165) is 23.3 Å².